The number of methoxy groups -OCH3 is 1. The summed E-state index contributed by atoms with van der Waals surface area (Å²) >= 11 is 0. The summed E-state index contributed by atoms with van der Waals surface area (Å²) in [6.07, 6.45) is 0. The highest BCUT2D eigenvalue weighted by molar-refractivity contribution is 5.52. The first-order valence-corrected chi connectivity index (χ1v) is 6.71. The van der Waals surface area contributed by atoms with Crippen LogP contribution in [0.15, 0.2) is 18.2 Å². The quantitative estimate of drug-likeness (QED) is 0.828. The molecule has 1 heterocycles. The minimum atomic E-state index is -0.113. The highest BCUT2D eigenvalue weighted by Gasteiger charge is 2.37. The maximum atomic E-state index is 9.40. The molecule has 0 atom stereocenters. The molecule has 0 unspecified atom stereocenters. The average Bonchev–Trinajstić information content (AvgIpc) is 2.37. The van der Waals surface area contributed by atoms with Gasteiger partial charge in [-0.3, -0.25) is 0 Å². The van der Waals surface area contributed by atoms with Crippen LogP contribution in [-0.4, -0.2) is 38.6 Å². The molecule has 0 bridgehead atoms. The zero-order valence-corrected chi connectivity index (χ0v) is 11.9. The molecule has 1 aliphatic heterocycles. The molecule has 4 heteroatoms. The number of aliphatic hydroxyl groups is 1. The van der Waals surface area contributed by atoms with Crippen LogP contribution in [0.5, 0.6) is 5.75 Å². The largest absolute Gasteiger partial charge is 0.496 e. The molecule has 1 aromatic rings. The molecule has 1 aliphatic rings. The first-order chi connectivity index (χ1) is 9.10. The van der Waals surface area contributed by atoms with Gasteiger partial charge in [-0.15, -0.1) is 0 Å². The molecule has 2 rings (SSSR count). The van der Waals surface area contributed by atoms with Crippen molar-refractivity contribution < 1.29 is 14.6 Å². The highest BCUT2D eigenvalue weighted by Crippen LogP contribution is 2.31. The summed E-state index contributed by atoms with van der Waals surface area (Å²) in [4.78, 5) is 0. The van der Waals surface area contributed by atoms with E-state index in [4.69, 9.17) is 9.47 Å². The van der Waals surface area contributed by atoms with Gasteiger partial charge in [0.25, 0.3) is 0 Å². The van der Waals surface area contributed by atoms with Gasteiger partial charge in [-0.05, 0) is 29.7 Å². The standard InChI is InChI=1S/C15H23NO3/c1-11(2)13-6-12(4-5-14(13)18-3)16-7-15(8-17)9-19-10-15/h4-6,11,16-17H,7-10H2,1-3H3. The van der Waals surface area contributed by atoms with E-state index in [2.05, 4.69) is 25.2 Å². The number of nitrogens with one attached hydrogen (secondary N) is 1. The van der Waals surface area contributed by atoms with Gasteiger partial charge >= 0.3 is 0 Å². The van der Waals surface area contributed by atoms with E-state index < -0.39 is 0 Å². The number of ether oxygens (including phenoxy) is 2. The van der Waals surface area contributed by atoms with E-state index in [-0.39, 0.29) is 12.0 Å². The summed E-state index contributed by atoms with van der Waals surface area (Å²) in [6, 6.07) is 6.12. The van der Waals surface area contributed by atoms with Crippen molar-refractivity contribution in [3.05, 3.63) is 23.8 Å². The molecule has 0 radical (unpaired) electrons. The lowest BCUT2D eigenvalue weighted by atomic mass is 9.87. The maximum Gasteiger partial charge on any atom is 0.122 e. The lowest BCUT2D eigenvalue weighted by Crippen LogP contribution is -2.50. The molecule has 2 N–H and O–H groups in total. The second kappa shape index (κ2) is 5.80. The SMILES string of the molecule is COc1ccc(NCC2(CO)COC2)cc1C(C)C. The smallest absolute Gasteiger partial charge is 0.122 e. The van der Waals surface area contributed by atoms with Crippen molar-refractivity contribution in [2.24, 2.45) is 5.41 Å². The molecular weight excluding hydrogens is 242 g/mol. The maximum absolute atomic E-state index is 9.40. The third kappa shape index (κ3) is 3.01. The van der Waals surface area contributed by atoms with Crippen LogP contribution in [0, 0.1) is 5.41 Å². The minimum Gasteiger partial charge on any atom is -0.496 e. The Bertz CT molecular complexity index is 422. The van der Waals surface area contributed by atoms with E-state index in [1.807, 2.05) is 12.1 Å². The van der Waals surface area contributed by atoms with E-state index >= 15 is 0 Å². The zero-order valence-electron chi connectivity index (χ0n) is 11.9. The van der Waals surface area contributed by atoms with Crippen LogP contribution in [-0.2, 0) is 4.74 Å². The summed E-state index contributed by atoms with van der Waals surface area (Å²) in [5, 5.41) is 12.8. The van der Waals surface area contributed by atoms with E-state index in [0.717, 1.165) is 18.0 Å². The van der Waals surface area contributed by atoms with Gasteiger partial charge in [-0.25, -0.2) is 0 Å². The van der Waals surface area contributed by atoms with Crippen molar-refractivity contribution in [1.82, 2.24) is 0 Å². The Morgan fingerprint density at radius 3 is 2.63 bits per heavy atom. The van der Waals surface area contributed by atoms with Gasteiger partial charge in [0.15, 0.2) is 0 Å². The Hall–Kier alpha value is -1.26. The number of hydrogen-bond acceptors (Lipinski definition) is 4. The normalized spacial score (nSPS) is 17.1. The summed E-state index contributed by atoms with van der Waals surface area (Å²) in [6.45, 7) is 6.45. The number of aliphatic hydroxyl groups excluding tert-OH is 1. The van der Waals surface area contributed by atoms with E-state index in [1.54, 1.807) is 7.11 Å². The molecule has 0 spiro atoms. The summed E-state index contributed by atoms with van der Waals surface area (Å²) in [7, 11) is 1.70. The molecule has 0 amide bonds. The van der Waals surface area contributed by atoms with E-state index in [9.17, 15) is 5.11 Å². The monoisotopic (exact) mass is 265 g/mol. The van der Waals surface area contributed by atoms with Crippen LogP contribution in [0.2, 0.25) is 0 Å². The Morgan fingerprint density at radius 1 is 1.42 bits per heavy atom. The molecule has 0 saturated carbocycles. The predicted octanol–water partition coefficient (Wildman–Crippen LogP) is 2.24. The number of rotatable bonds is 6. The number of benzene rings is 1. The molecule has 106 valence electrons. The predicted molar refractivity (Wildman–Crippen MR) is 75.9 cm³/mol. The molecule has 1 saturated heterocycles. The molecule has 0 aromatic heterocycles. The fourth-order valence-electron chi connectivity index (χ4n) is 2.23. The first-order valence-electron chi connectivity index (χ1n) is 6.71. The first kappa shape index (κ1) is 14.2. The lowest BCUT2D eigenvalue weighted by Gasteiger charge is -2.40. The topological polar surface area (TPSA) is 50.7 Å². The van der Waals surface area contributed by atoms with Crippen LogP contribution < -0.4 is 10.1 Å². The van der Waals surface area contributed by atoms with Crippen molar-refractivity contribution in [1.29, 1.82) is 0 Å². The van der Waals surface area contributed by atoms with Gasteiger partial charge in [0, 0.05) is 12.2 Å². The second-order valence-corrected chi connectivity index (χ2v) is 5.62. The van der Waals surface area contributed by atoms with E-state index in [0.29, 0.717) is 19.1 Å². The van der Waals surface area contributed by atoms with Gasteiger partial charge in [-0.2, -0.15) is 0 Å². The van der Waals surface area contributed by atoms with Gasteiger partial charge in [-0.1, -0.05) is 13.8 Å². The Kier molecular flexibility index (Phi) is 4.32. The Balaban J connectivity index is 2.06. The molecule has 1 aromatic carbocycles. The van der Waals surface area contributed by atoms with Crippen LogP contribution in [0.3, 0.4) is 0 Å². The Labute approximate surface area is 114 Å². The molecule has 4 nitrogen and oxygen atoms in total. The van der Waals surface area contributed by atoms with Crippen molar-refractivity contribution in [3.8, 4) is 5.75 Å². The fraction of sp³-hybridized carbons (Fsp3) is 0.600. The average molecular weight is 265 g/mol. The van der Waals surface area contributed by atoms with Crippen molar-refractivity contribution in [2.75, 3.05) is 38.8 Å². The number of hydrogen-bond donors (Lipinski definition) is 2. The van der Waals surface area contributed by atoms with E-state index in [1.165, 1.54) is 5.56 Å². The van der Waals surface area contributed by atoms with Crippen molar-refractivity contribution >= 4 is 5.69 Å². The number of anilines is 1. The van der Waals surface area contributed by atoms with Crippen molar-refractivity contribution in [3.63, 3.8) is 0 Å². The highest BCUT2D eigenvalue weighted by atomic mass is 16.5. The van der Waals surface area contributed by atoms with Crippen molar-refractivity contribution in [2.45, 2.75) is 19.8 Å². The second-order valence-electron chi connectivity index (χ2n) is 5.62. The third-order valence-electron chi connectivity index (χ3n) is 3.67. The molecule has 0 aliphatic carbocycles. The fourth-order valence-corrected chi connectivity index (χ4v) is 2.23. The third-order valence-corrected chi connectivity index (χ3v) is 3.67. The van der Waals surface area contributed by atoms with Gasteiger partial charge in [0.2, 0.25) is 0 Å². The summed E-state index contributed by atoms with van der Waals surface area (Å²) in [5.41, 5.74) is 2.14. The Morgan fingerprint density at radius 2 is 2.16 bits per heavy atom. The van der Waals surface area contributed by atoms with Gasteiger partial charge in [0.1, 0.15) is 5.75 Å². The minimum absolute atomic E-state index is 0.113. The van der Waals surface area contributed by atoms with Crippen LogP contribution >= 0.6 is 0 Å². The molecular formula is C15H23NO3. The molecule has 1 fully saturated rings. The molecule has 19 heavy (non-hydrogen) atoms. The van der Waals surface area contributed by atoms with Crippen LogP contribution in [0.4, 0.5) is 5.69 Å². The van der Waals surface area contributed by atoms with Crippen LogP contribution in [0.1, 0.15) is 25.3 Å². The summed E-state index contributed by atoms with van der Waals surface area (Å²) in [5.74, 6) is 1.33. The summed E-state index contributed by atoms with van der Waals surface area (Å²) < 4.78 is 10.6. The lowest BCUT2D eigenvalue weighted by molar-refractivity contribution is -0.128. The van der Waals surface area contributed by atoms with Gasteiger partial charge in [0.05, 0.1) is 32.3 Å². The van der Waals surface area contributed by atoms with Crippen LogP contribution in [0.25, 0.3) is 0 Å². The zero-order chi connectivity index (χ0) is 13.9. The van der Waals surface area contributed by atoms with Gasteiger partial charge < -0.3 is 19.9 Å².